The van der Waals surface area contributed by atoms with Gasteiger partial charge in [0.05, 0.1) is 5.52 Å². The minimum atomic E-state index is 0.793. The van der Waals surface area contributed by atoms with Gasteiger partial charge in [0.2, 0.25) is 0 Å². The maximum Gasteiger partial charge on any atom is 0.0519 e. The Morgan fingerprint density at radius 3 is 3.06 bits per heavy atom. The van der Waals surface area contributed by atoms with Crippen molar-refractivity contribution in [1.82, 2.24) is 9.88 Å². The fraction of sp³-hybridized carbons (Fsp3) is 0.467. The first kappa shape index (κ1) is 9.72. The van der Waals surface area contributed by atoms with E-state index in [0.29, 0.717) is 0 Å². The van der Waals surface area contributed by atoms with Crippen molar-refractivity contribution in [3.05, 3.63) is 35.0 Å². The lowest BCUT2D eigenvalue weighted by Gasteiger charge is -2.08. The van der Waals surface area contributed by atoms with Crippen LogP contribution < -0.4 is 5.32 Å². The topological polar surface area (TPSA) is 17.0 Å². The van der Waals surface area contributed by atoms with Gasteiger partial charge in [-0.2, -0.15) is 0 Å². The van der Waals surface area contributed by atoms with Crippen LogP contribution in [0.4, 0.5) is 0 Å². The van der Waals surface area contributed by atoms with Crippen molar-refractivity contribution in [2.24, 2.45) is 0 Å². The second-order valence-electron chi connectivity index (χ2n) is 5.44. The molecule has 17 heavy (non-hydrogen) atoms. The highest BCUT2D eigenvalue weighted by atomic mass is 15.1. The normalized spacial score (nSPS) is 18.2. The summed E-state index contributed by atoms with van der Waals surface area (Å²) < 4.78 is 2.54. The first-order chi connectivity index (χ1) is 8.34. The molecular formula is C15H18N2. The molecule has 0 radical (unpaired) electrons. The number of hydrogen-bond donors (Lipinski definition) is 1. The summed E-state index contributed by atoms with van der Waals surface area (Å²) in [5, 5.41) is 5.12. The van der Waals surface area contributed by atoms with Crippen molar-refractivity contribution < 1.29 is 0 Å². The van der Waals surface area contributed by atoms with Gasteiger partial charge in [-0.05, 0) is 37.3 Å². The Labute approximate surface area is 102 Å². The van der Waals surface area contributed by atoms with E-state index in [4.69, 9.17) is 0 Å². The third-order valence-electron chi connectivity index (χ3n) is 4.29. The van der Waals surface area contributed by atoms with Crippen molar-refractivity contribution in [2.75, 3.05) is 0 Å². The Bertz CT molecular complexity index is 590. The van der Waals surface area contributed by atoms with Gasteiger partial charge in [0.25, 0.3) is 0 Å². The van der Waals surface area contributed by atoms with Crippen LogP contribution in [0.15, 0.2) is 18.2 Å². The zero-order chi connectivity index (χ0) is 11.4. The minimum absolute atomic E-state index is 0.793. The number of benzene rings is 1. The molecule has 0 saturated heterocycles. The van der Waals surface area contributed by atoms with Crippen LogP contribution in [0, 0.1) is 6.92 Å². The molecule has 0 unspecified atom stereocenters. The minimum Gasteiger partial charge on any atom is -0.343 e. The summed E-state index contributed by atoms with van der Waals surface area (Å²) in [4.78, 5) is 0. The molecule has 1 fully saturated rings. The van der Waals surface area contributed by atoms with Crippen molar-refractivity contribution >= 4 is 10.9 Å². The van der Waals surface area contributed by atoms with Crippen LogP contribution in [0.3, 0.4) is 0 Å². The molecule has 0 bridgehead atoms. The number of nitrogens with zero attached hydrogens (tertiary/aromatic N) is 1. The molecule has 88 valence electrons. The molecule has 0 spiro atoms. The first-order valence-electron chi connectivity index (χ1n) is 6.67. The van der Waals surface area contributed by atoms with Crippen LogP contribution in [0.5, 0.6) is 0 Å². The molecule has 1 aliphatic heterocycles. The van der Waals surface area contributed by atoms with Crippen LogP contribution >= 0.6 is 0 Å². The van der Waals surface area contributed by atoms with Gasteiger partial charge in [-0.15, -0.1) is 0 Å². The van der Waals surface area contributed by atoms with Crippen LogP contribution in [0.1, 0.15) is 29.7 Å². The smallest absolute Gasteiger partial charge is 0.0519 e. The van der Waals surface area contributed by atoms with E-state index in [1.807, 2.05) is 0 Å². The summed E-state index contributed by atoms with van der Waals surface area (Å²) in [5.74, 6) is 0. The maximum absolute atomic E-state index is 3.65. The van der Waals surface area contributed by atoms with Crippen LogP contribution in [0.25, 0.3) is 10.9 Å². The molecule has 1 saturated carbocycles. The number of hydrogen-bond acceptors (Lipinski definition) is 1. The standard InChI is InChI=1S/C15H18N2/c1-10-13-4-2-3-11-7-8-17(15(11)13)14(10)9-16-12-5-6-12/h2-4,12,16H,5-9H2,1H3. The molecule has 1 aromatic heterocycles. The summed E-state index contributed by atoms with van der Waals surface area (Å²) in [6, 6.07) is 7.55. The molecule has 0 amide bonds. The molecule has 0 atom stereocenters. The fourth-order valence-electron chi connectivity index (χ4n) is 3.14. The van der Waals surface area contributed by atoms with Crippen LogP contribution in [-0.4, -0.2) is 10.6 Å². The molecule has 2 heteroatoms. The Kier molecular flexibility index (Phi) is 1.92. The summed E-state index contributed by atoms with van der Waals surface area (Å²) in [6.45, 7) is 4.49. The van der Waals surface area contributed by atoms with E-state index in [0.717, 1.165) is 12.6 Å². The largest absolute Gasteiger partial charge is 0.343 e. The third kappa shape index (κ3) is 1.37. The van der Waals surface area contributed by atoms with E-state index < -0.39 is 0 Å². The zero-order valence-electron chi connectivity index (χ0n) is 10.3. The Balaban J connectivity index is 1.84. The van der Waals surface area contributed by atoms with Crippen LogP contribution in [0.2, 0.25) is 0 Å². The van der Waals surface area contributed by atoms with E-state index in [2.05, 4.69) is 35.0 Å². The average Bonchev–Trinajstić information content (AvgIpc) is 3.01. The van der Waals surface area contributed by atoms with E-state index in [-0.39, 0.29) is 0 Å². The van der Waals surface area contributed by atoms with Gasteiger partial charge in [-0.1, -0.05) is 18.2 Å². The highest BCUT2D eigenvalue weighted by Crippen LogP contribution is 2.33. The highest BCUT2D eigenvalue weighted by Gasteiger charge is 2.24. The van der Waals surface area contributed by atoms with E-state index in [1.165, 1.54) is 53.5 Å². The number of aromatic nitrogens is 1. The third-order valence-corrected chi connectivity index (χ3v) is 4.29. The van der Waals surface area contributed by atoms with Crippen LogP contribution in [-0.2, 0) is 19.5 Å². The molecular weight excluding hydrogens is 208 g/mol. The fourth-order valence-corrected chi connectivity index (χ4v) is 3.14. The number of para-hydroxylation sites is 1. The Morgan fingerprint density at radius 2 is 2.24 bits per heavy atom. The molecule has 2 nitrogen and oxygen atoms in total. The molecule has 1 aromatic carbocycles. The zero-order valence-corrected chi connectivity index (χ0v) is 10.3. The molecule has 1 N–H and O–H groups in total. The van der Waals surface area contributed by atoms with E-state index >= 15 is 0 Å². The van der Waals surface area contributed by atoms with Gasteiger partial charge in [0, 0.05) is 30.2 Å². The Hall–Kier alpha value is -1.28. The monoisotopic (exact) mass is 226 g/mol. The summed E-state index contributed by atoms with van der Waals surface area (Å²) in [5.41, 5.74) is 6.02. The van der Waals surface area contributed by atoms with E-state index in [1.54, 1.807) is 0 Å². The van der Waals surface area contributed by atoms with Gasteiger partial charge in [0.15, 0.2) is 0 Å². The second kappa shape index (κ2) is 3.36. The predicted molar refractivity (Wildman–Crippen MR) is 70.2 cm³/mol. The molecule has 1 aliphatic carbocycles. The Morgan fingerprint density at radius 1 is 1.35 bits per heavy atom. The van der Waals surface area contributed by atoms with Gasteiger partial charge < -0.3 is 9.88 Å². The summed E-state index contributed by atoms with van der Waals surface area (Å²) in [6.07, 6.45) is 3.94. The highest BCUT2D eigenvalue weighted by molar-refractivity contribution is 5.89. The van der Waals surface area contributed by atoms with Crippen molar-refractivity contribution in [3.8, 4) is 0 Å². The average molecular weight is 226 g/mol. The lowest BCUT2D eigenvalue weighted by atomic mass is 10.1. The van der Waals surface area contributed by atoms with Gasteiger partial charge >= 0.3 is 0 Å². The number of aryl methyl sites for hydroxylation is 3. The van der Waals surface area contributed by atoms with Gasteiger partial charge in [-0.3, -0.25) is 0 Å². The lowest BCUT2D eigenvalue weighted by Crippen LogP contribution is -2.18. The number of nitrogens with one attached hydrogen (secondary N) is 1. The SMILES string of the molecule is Cc1c(CNC2CC2)n2c3c(cccc13)CC2. The van der Waals surface area contributed by atoms with Crippen molar-refractivity contribution in [2.45, 2.75) is 45.3 Å². The molecule has 2 aromatic rings. The number of rotatable bonds is 3. The first-order valence-corrected chi connectivity index (χ1v) is 6.67. The molecule has 2 heterocycles. The van der Waals surface area contributed by atoms with E-state index in [9.17, 15) is 0 Å². The molecule has 4 rings (SSSR count). The summed E-state index contributed by atoms with van der Waals surface area (Å²) in [7, 11) is 0. The van der Waals surface area contributed by atoms with Gasteiger partial charge in [-0.25, -0.2) is 0 Å². The van der Waals surface area contributed by atoms with Crippen molar-refractivity contribution in [3.63, 3.8) is 0 Å². The second-order valence-corrected chi connectivity index (χ2v) is 5.44. The molecule has 2 aliphatic rings. The lowest BCUT2D eigenvalue weighted by molar-refractivity contribution is 0.628. The predicted octanol–water partition coefficient (Wildman–Crippen LogP) is 2.76. The quantitative estimate of drug-likeness (QED) is 0.851. The van der Waals surface area contributed by atoms with Crippen molar-refractivity contribution in [1.29, 1.82) is 0 Å². The summed E-state index contributed by atoms with van der Waals surface area (Å²) >= 11 is 0. The maximum atomic E-state index is 3.65. The van der Waals surface area contributed by atoms with Gasteiger partial charge in [0.1, 0.15) is 0 Å².